The maximum atomic E-state index is 13.1. The van der Waals surface area contributed by atoms with Crippen LogP contribution in [0.15, 0.2) is 40.8 Å². The first-order chi connectivity index (χ1) is 13.8. The number of hydrogen-bond acceptors (Lipinski definition) is 6. The third-order valence-corrected chi connectivity index (χ3v) is 5.47. The van der Waals surface area contributed by atoms with Crippen LogP contribution in [-0.2, 0) is 12.7 Å². The molecule has 0 spiro atoms. The SMILES string of the molecule is O=C(c1ncccc1C(F)(F)F)N1CCN(Cc2cc(=O)n3ccsc3n2)CC1. The summed E-state index contributed by atoms with van der Waals surface area (Å²) in [6.45, 7) is 1.90. The molecule has 1 aliphatic heterocycles. The zero-order valence-electron chi connectivity index (χ0n) is 15.1. The Kier molecular flexibility index (Phi) is 5.09. The molecule has 0 aliphatic carbocycles. The van der Waals surface area contributed by atoms with Crippen LogP contribution >= 0.6 is 11.3 Å². The van der Waals surface area contributed by atoms with Crippen LogP contribution in [0.1, 0.15) is 21.7 Å². The average molecular weight is 423 g/mol. The highest BCUT2D eigenvalue weighted by molar-refractivity contribution is 7.15. The third kappa shape index (κ3) is 4.01. The van der Waals surface area contributed by atoms with E-state index in [0.29, 0.717) is 30.3 Å². The molecule has 0 bridgehead atoms. The molecule has 0 N–H and O–H groups in total. The summed E-state index contributed by atoms with van der Waals surface area (Å²) in [6, 6.07) is 3.50. The predicted molar refractivity (Wildman–Crippen MR) is 99.8 cm³/mol. The summed E-state index contributed by atoms with van der Waals surface area (Å²) in [5.41, 5.74) is -1.14. The molecule has 0 atom stereocenters. The number of fused-ring (bicyclic) bond motifs is 1. The monoisotopic (exact) mass is 423 g/mol. The number of piperazine rings is 1. The van der Waals surface area contributed by atoms with Gasteiger partial charge in [0.25, 0.3) is 11.5 Å². The molecule has 29 heavy (non-hydrogen) atoms. The lowest BCUT2D eigenvalue weighted by Crippen LogP contribution is -2.48. The highest BCUT2D eigenvalue weighted by Crippen LogP contribution is 2.31. The first-order valence-corrected chi connectivity index (χ1v) is 9.70. The highest BCUT2D eigenvalue weighted by atomic mass is 32.1. The van der Waals surface area contributed by atoms with Crippen LogP contribution in [0.25, 0.3) is 4.96 Å². The molecule has 0 saturated carbocycles. The Bertz CT molecular complexity index is 1100. The average Bonchev–Trinajstić information content (AvgIpc) is 3.17. The molecule has 0 unspecified atom stereocenters. The fourth-order valence-corrected chi connectivity index (χ4v) is 4.00. The van der Waals surface area contributed by atoms with Crippen molar-refractivity contribution in [1.29, 1.82) is 0 Å². The summed E-state index contributed by atoms with van der Waals surface area (Å²) in [5, 5.41) is 1.78. The first kappa shape index (κ1) is 19.5. The molecule has 4 heterocycles. The van der Waals surface area contributed by atoms with Crippen molar-refractivity contribution < 1.29 is 18.0 Å². The molecule has 7 nitrogen and oxygen atoms in total. The third-order valence-electron chi connectivity index (χ3n) is 4.72. The topological polar surface area (TPSA) is 70.8 Å². The molecule has 11 heteroatoms. The van der Waals surface area contributed by atoms with E-state index in [1.54, 1.807) is 11.6 Å². The lowest BCUT2D eigenvalue weighted by Gasteiger charge is -2.34. The molecule has 0 aromatic carbocycles. The fourth-order valence-electron chi connectivity index (χ4n) is 3.26. The summed E-state index contributed by atoms with van der Waals surface area (Å²) < 4.78 is 40.9. The number of carbonyl (C=O) groups is 1. The lowest BCUT2D eigenvalue weighted by molar-refractivity contribution is -0.138. The van der Waals surface area contributed by atoms with E-state index < -0.39 is 23.3 Å². The van der Waals surface area contributed by atoms with Crippen LogP contribution < -0.4 is 5.56 Å². The van der Waals surface area contributed by atoms with Gasteiger partial charge in [0.15, 0.2) is 4.96 Å². The molecular weight excluding hydrogens is 407 g/mol. The van der Waals surface area contributed by atoms with Gasteiger partial charge in [0.1, 0.15) is 5.69 Å². The molecule has 0 radical (unpaired) electrons. The second-order valence-corrected chi connectivity index (χ2v) is 7.48. The van der Waals surface area contributed by atoms with Crippen molar-refractivity contribution in [3.63, 3.8) is 0 Å². The number of alkyl halides is 3. The lowest BCUT2D eigenvalue weighted by atomic mass is 10.1. The second-order valence-electron chi connectivity index (χ2n) is 6.61. The summed E-state index contributed by atoms with van der Waals surface area (Å²) in [6.07, 6.45) is -1.79. The van der Waals surface area contributed by atoms with Gasteiger partial charge in [0.2, 0.25) is 0 Å². The van der Waals surface area contributed by atoms with Gasteiger partial charge >= 0.3 is 6.18 Å². The number of pyridine rings is 1. The Morgan fingerprint density at radius 2 is 1.97 bits per heavy atom. The smallest absolute Gasteiger partial charge is 0.335 e. The van der Waals surface area contributed by atoms with Gasteiger partial charge in [0, 0.05) is 56.6 Å². The molecule has 1 saturated heterocycles. The van der Waals surface area contributed by atoms with E-state index in [4.69, 9.17) is 0 Å². The number of carbonyl (C=O) groups excluding carboxylic acids is 1. The zero-order valence-corrected chi connectivity index (χ0v) is 15.9. The predicted octanol–water partition coefficient (Wildman–Crippen LogP) is 2.13. The summed E-state index contributed by atoms with van der Waals surface area (Å²) in [7, 11) is 0. The minimum absolute atomic E-state index is 0.158. The van der Waals surface area contributed by atoms with Gasteiger partial charge in [-0.25, -0.2) is 4.98 Å². The summed E-state index contributed by atoms with van der Waals surface area (Å²) >= 11 is 1.36. The number of rotatable bonds is 3. The van der Waals surface area contributed by atoms with E-state index in [9.17, 15) is 22.8 Å². The summed E-state index contributed by atoms with van der Waals surface area (Å²) in [4.78, 5) is 36.8. The maximum absolute atomic E-state index is 13.1. The van der Waals surface area contributed by atoms with E-state index in [1.165, 1.54) is 32.9 Å². The van der Waals surface area contributed by atoms with Crippen molar-refractivity contribution in [2.45, 2.75) is 12.7 Å². The number of thiazole rings is 1. The zero-order chi connectivity index (χ0) is 20.6. The van der Waals surface area contributed by atoms with Gasteiger partial charge < -0.3 is 4.90 Å². The largest absolute Gasteiger partial charge is 0.418 e. The van der Waals surface area contributed by atoms with Gasteiger partial charge in [-0.3, -0.25) is 23.9 Å². The Morgan fingerprint density at radius 1 is 1.21 bits per heavy atom. The Hall–Kier alpha value is -2.79. The molecule has 1 amide bonds. The Morgan fingerprint density at radius 3 is 2.69 bits per heavy atom. The van der Waals surface area contributed by atoms with Gasteiger partial charge in [-0.2, -0.15) is 13.2 Å². The van der Waals surface area contributed by atoms with Crippen LogP contribution in [0, 0.1) is 0 Å². The number of hydrogen-bond donors (Lipinski definition) is 0. The second kappa shape index (κ2) is 7.56. The van der Waals surface area contributed by atoms with Crippen LogP contribution in [0.4, 0.5) is 13.2 Å². The minimum Gasteiger partial charge on any atom is -0.335 e. The van der Waals surface area contributed by atoms with Crippen LogP contribution in [0.3, 0.4) is 0 Å². The molecule has 1 aliphatic rings. The number of nitrogens with zero attached hydrogens (tertiary/aromatic N) is 5. The maximum Gasteiger partial charge on any atom is 0.418 e. The van der Waals surface area contributed by atoms with Gasteiger partial charge in [0.05, 0.1) is 11.3 Å². The number of amides is 1. The minimum atomic E-state index is -4.64. The van der Waals surface area contributed by atoms with Crippen molar-refractivity contribution in [3.05, 3.63) is 63.3 Å². The number of halogens is 3. The number of aromatic nitrogens is 3. The standard InChI is InChI=1S/C18H16F3N5O2S/c19-18(20,21)13-2-1-3-22-15(13)16(28)25-6-4-24(5-7-25)11-12-10-14(27)26-8-9-29-17(26)23-12/h1-3,8-10H,4-7,11H2. The molecule has 3 aromatic rings. The van der Waals surface area contributed by atoms with Gasteiger partial charge in [-0.05, 0) is 12.1 Å². The van der Waals surface area contributed by atoms with Crippen molar-refractivity contribution in [2.24, 2.45) is 0 Å². The van der Waals surface area contributed by atoms with Crippen molar-refractivity contribution >= 4 is 22.2 Å². The van der Waals surface area contributed by atoms with E-state index >= 15 is 0 Å². The van der Waals surface area contributed by atoms with Gasteiger partial charge in [-0.1, -0.05) is 0 Å². The molecule has 4 rings (SSSR count). The van der Waals surface area contributed by atoms with Crippen molar-refractivity contribution in [2.75, 3.05) is 26.2 Å². The highest BCUT2D eigenvalue weighted by Gasteiger charge is 2.37. The molecule has 3 aromatic heterocycles. The van der Waals surface area contributed by atoms with E-state index in [0.717, 1.165) is 12.1 Å². The van der Waals surface area contributed by atoms with Crippen LogP contribution in [-0.4, -0.2) is 56.3 Å². The fraction of sp³-hybridized carbons (Fsp3) is 0.333. The van der Waals surface area contributed by atoms with Crippen LogP contribution in [0.5, 0.6) is 0 Å². The van der Waals surface area contributed by atoms with Crippen molar-refractivity contribution in [1.82, 2.24) is 24.2 Å². The van der Waals surface area contributed by atoms with E-state index in [1.807, 2.05) is 4.90 Å². The van der Waals surface area contributed by atoms with Crippen molar-refractivity contribution in [3.8, 4) is 0 Å². The quantitative estimate of drug-likeness (QED) is 0.646. The molecule has 1 fully saturated rings. The first-order valence-electron chi connectivity index (χ1n) is 8.82. The normalized spacial score (nSPS) is 15.8. The molecular formula is C18H16F3N5O2S. The van der Waals surface area contributed by atoms with E-state index in [2.05, 4.69) is 9.97 Å². The Labute approximate surface area is 167 Å². The molecule has 152 valence electrons. The Balaban J connectivity index is 1.43. The van der Waals surface area contributed by atoms with Crippen LogP contribution in [0.2, 0.25) is 0 Å². The van der Waals surface area contributed by atoms with Gasteiger partial charge in [-0.15, -0.1) is 11.3 Å². The summed E-state index contributed by atoms with van der Waals surface area (Å²) in [5.74, 6) is -0.728. The van der Waals surface area contributed by atoms with E-state index in [-0.39, 0.29) is 18.6 Å².